The van der Waals surface area contributed by atoms with E-state index in [9.17, 15) is 4.79 Å². The zero-order chi connectivity index (χ0) is 9.68. The first-order valence-corrected chi connectivity index (χ1v) is 4.84. The van der Waals surface area contributed by atoms with E-state index in [1.807, 2.05) is 31.2 Å². The SMILES string of the molecule is C[C@H](COC=O)c1ccc(Br)cc1. The summed E-state index contributed by atoms with van der Waals surface area (Å²) in [5, 5.41) is 0. The van der Waals surface area contributed by atoms with Gasteiger partial charge in [0.05, 0.1) is 6.61 Å². The van der Waals surface area contributed by atoms with E-state index in [0.29, 0.717) is 13.1 Å². The van der Waals surface area contributed by atoms with Crippen LogP contribution in [0.15, 0.2) is 28.7 Å². The lowest BCUT2D eigenvalue weighted by atomic mass is 10.0. The molecule has 13 heavy (non-hydrogen) atoms. The van der Waals surface area contributed by atoms with Gasteiger partial charge >= 0.3 is 0 Å². The molecule has 0 bridgehead atoms. The van der Waals surface area contributed by atoms with E-state index in [4.69, 9.17) is 0 Å². The monoisotopic (exact) mass is 242 g/mol. The summed E-state index contributed by atoms with van der Waals surface area (Å²) < 4.78 is 5.74. The molecule has 1 atom stereocenters. The van der Waals surface area contributed by atoms with Crippen molar-refractivity contribution in [1.29, 1.82) is 0 Å². The molecule has 0 fully saturated rings. The molecule has 0 aliphatic rings. The number of rotatable bonds is 4. The molecule has 0 spiro atoms. The van der Waals surface area contributed by atoms with Gasteiger partial charge in [-0.1, -0.05) is 35.0 Å². The van der Waals surface area contributed by atoms with Gasteiger partial charge in [0, 0.05) is 10.4 Å². The predicted molar refractivity (Wildman–Crippen MR) is 54.6 cm³/mol. The zero-order valence-electron chi connectivity index (χ0n) is 7.37. The Morgan fingerprint density at radius 1 is 1.46 bits per heavy atom. The van der Waals surface area contributed by atoms with Crippen LogP contribution >= 0.6 is 15.9 Å². The highest BCUT2D eigenvalue weighted by Crippen LogP contribution is 2.18. The van der Waals surface area contributed by atoms with Crippen LogP contribution in [-0.2, 0) is 9.53 Å². The van der Waals surface area contributed by atoms with Crippen LogP contribution in [0.4, 0.5) is 0 Å². The van der Waals surface area contributed by atoms with E-state index in [2.05, 4.69) is 20.7 Å². The Labute approximate surface area is 86.0 Å². The fourth-order valence-corrected chi connectivity index (χ4v) is 1.34. The van der Waals surface area contributed by atoms with Crippen molar-refractivity contribution in [2.45, 2.75) is 12.8 Å². The third-order valence-electron chi connectivity index (χ3n) is 1.85. The number of halogens is 1. The molecule has 0 saturated heterocycles. The molecule has 0 unspecified atom stereocenters. The van der Waals surface area contributed by atoms with E-state index in [1.54, 1.807) is 0 Å². The molecule has 0 amide bonds. The second-order valence-corrected chi connectivity index (χ2v) is 3.80. The quantitative estimate of drug-likeness (QED) is 0.760. The summed E-state index contributed by atoms with van der Waals surface area (Å²) in [7, 11) is 0. The highest BCUT2D eigenvalue weighted by molar-refractivity contribution is 9.10. The van der Waals surface area contributed by atoms with Gasteiger partial charge in [-0.05, 0) is 17.7 Å². The molecule has 0 saturated carbocycles. The number of benzene rings is 1. The lowest BCUT2D eigenvalue weighted by Gasteiger charge is -2.09. The van der Waals surface area contributed by atoms with Crippen LogP contribution in [0.2, 0.25) is 0 Å². The maximum atomic E-state index is 9.97. The molecule has 1 rings (SSSR count). The Balaban J connectivity index is 2.60. The van der Waals surface area contributed by atoms with Gasteiger partial charge in [0.25, 0.3) is 6.47 Å². The molecule has 1 aromatic rings. The van der Waals surface area contributed by atoms with Crippen LogP contribution in [0.25, 0.3) is 0 Å². The van der Waals surface area contributed by atoms with Crippen molar-refractivity contribution in [3.63, 3.8) is 0 Å². The summed E-state index contributed by atoms with van der Waals surface area (Å²) in [6, 6.07) is 7.99. The maximum absolute atomic E-state index is 9.97. The molecule has 2 nitrogen and oxygen atoms in total. The second kappa shape index (κ2) is 5.02. The zero-order valence-corrected chi connectivity index (χ0v) is 8.95. The molecule has 0 heterocycles. The van der Waals surface area contributed by atoms with Gasteiger partial charge in [-0.2, -0.15) is 0 Å². The minimum atomic E-state index is 0.248. The van der Waals surface area contributed by atoms with Gasteiger partial charge in [-0.3, -0.25) is 4.79 Å². The summed E-state index contributed by atoms with van der Waals surface area (Å²) in [6.07, 6.45) is 0. The van der Waals surface area contributed by atoms with Crippen molar-refractivity contribution in [2.75, 3.05) is 6.61 Å². The van der Waals surface area contributed by atoms with Gasteiger partial charge in [0.15, 0.2) is 0 Å². The van der Waals surface area contributed by atoms with Crippen LogP contribution in [0.5, 0.6) is 0 Å². The van der Waals surface area contributed by atoms with Gasteiger partial charge < -0.3 is 4.74 Å². The Morgan fingerprint density at radius 2 is 2.08 bits per heavy atom. The Bertz CT molecular complexity index is 269. The molecule has 0 radical (unpaired) electrons. The summed E-state index contributed by atoms with van der Waals surface area (Å²) in [5.41, 5.74) is 1.17. The highest BCUT2D eigenvalue weighted by atomic mass is 79.9. The van der Waals surface area contributed by atoms with E-state index < -0.39 is 0 Å². The number of hydrogen-bond donors (Lipinski definition) is 0. The molecule has 0 N–H and O–H groups in total. The summed E-state index contributed by atoms with van der Waals surface area (Å²) >= 11 is 3.36. The van der Waals surface area contributed by atoms with Crippen molar-refractivity contribution in [2.24, 2.45) is 0 Å². The number of ether oxygens (including phenoxy) is 1. The Morgan fingerprint density at radius 3 is 2.62 bits per heavy atom. The van der Waals surface area contributed by atoms with Gasteiger partial charge in [-0.25, -0.2) is 0 Å². The Hall–Kier alpha value is -0.830. The first kappa shape index (κ1) is 10.3. The molecular weight excluding hydrogens is 232 g/mol. The van der Waals surface area contributed by atoms with E-state index in [-0.39, 0.29) is 5.92 Å². The summed E-state index contributed by atoms with van der Waals surface area (Å²) in [6.45, 7) is 2.94. The van der Waals surface area contributed by atoms with Crippen molar-refractivity contribution >= 4 is 22.4 Å². The number of hydrogen-bond acceptors (Lipinski definition) is 2. The second-order valence-electron chi connectivity index (χ2n) is 2.88. The molecular formula is C10H11BrO2. The third-order valence-corrected chi connectivity index (χ3v) is 2.38. The van der Waals surface area contributed by atoms with E-state index in [0.717, 1.165) is 4.47 Å². The largest absolute Gasteiger partial charge is 0.467 e. The number of carbonyl (C=O) groups excluding carboxylic acids is 1. The van der Waals surface area contributed by atoms with E-state index >= 15 is 0 Å². The fraction of sp³-hybridized carbons (Fsp3) is 0.300. The molecule has 0 aliphatic heterocycles. The van der Waals surface area contributed by atoms with Crippen LogP contribution in [0.3, 0.4) is 0 Å². The Kier molecular flexibility index (Phi) is 3.96. The van der Waals surface area contributed by atoms with Gasteiger partial charge in [0.1, 0.15) is 0 Å². The third kappa shape index (κ3) is 3.19. The van der Waals surface area contributed by atoms with Gasteiger partial charge in [0.2, 0.25) is 0 Å². The fourth-order valence-electron chi connectivity index (χ4n) is 1.07. The summed E-state index contributed by atoms with van der Waals surface area (Å²) in [4.78, 5) is 9.97. The average Bonchev–Trinajstić information content (AvgIpc) is 2.15. The van der Waals surface area contributed by atoms with Crippen molar-refractivity contribution in [1.82, 2.24) is 0 Å². The first-order valence-electron chi connectivity index (χ1n) is 4.04. The molecule has 3 heteroatoms. The molecule has 0 aliphatic carbocycles. The standard InChI is InChI=1S/C10H11BrO2/c1-8(6-13-7-12)9-2-4-10(11)5-3-9/h2-5,7-8H,6H2,1H3/t8-/m1/s1. The predicted octanol–water partition coefficient (Wildman–Crippen LogP) is 2.73. The van der Waals surface area contributed by atoms with Crippen molar-refractivity contribution in [3.05, 3.63) is 34.3 Å². The lowest BCUT2D eigenvalue weighted by molar-refractivity contribution is -0.129. The van der Waals surface area contributed by atoms with Crippen molar-refractivity contribution < 1.29 is 9.53 Å². The highest BCUT2D eigenvalue weighted by Gasteiger charge is 2.04. The average molecular weight is 243 g/mol. The minimum absolute atomic E-state index is 0.248. The van der Waals surface area contributed by atoms with Crippen molar-refractivity contribution in [3.8, 4) is 0 Å². The first-order chi connectivity index (χ1) is 6.24. The topological polar surface area (TPSA) is 26.3 Å². The minimum Gasteiger partial charge on any atom is -0.467 e. The smallest absolute Gasteiger partial charge is 0.293 e. The van der Waals surface area contributed by atoms with Crippen LogP contribution in [-0.4, -0.2) is 13.1 Å². The normalized spacial score (nSPS) is 12.2. The molecule has 70 valence electrons. The van der Waals surface area contributed by atoms with E-state index in [1.165, 1.54) is 5.56 Å². The maximum Gasteiger partial charge on any atom is 0.293 e. The van der Waals surface area contributed by atoms with Gasteiger partial charge in [-0.15, -0.1) is 0 Å². The summed E-state index contributed by atoms with van der Waals surface area (Å²) in [5.74, 6) is 0.248. The molecule has 0 aromatic heterocycles. The molecule has 1 aromatic carbocycles. The number of carbonyl (C=O) groups is 1. The van der Waals surface area contributed by atoms with Crippen LogP contribution in [0.1, 0.15) is 18.4 Å². The lowest BCUT2D eigenvalue weighted by Crippen LogP contribution is -2.02. The van der Waals surface area contributed by atoms with Crippen LogP contribution < -0.4 is 0 Å². The van der Waals surface area contributed by atoms with Crippen LogP contribution in [0, 0.1) is 0 Å².